The Labute approximate surface area is 102 Å². The Morgan fingerprint density at radius 3 is 3.06 bits per heavy atom. The summed E-state index contributed by atoms with van der Waals surface area (Å²) in [4.78, 5) is 12.0. The first-order valence-electron chi connectivity index (χ1n) is 6.24. The molecular formula is C13H20N2O2. The third kappa shape index (κ3) is 2.36. The minimum atomic E-state index is -0.262. The summed E-state index contributed by atoms with van der Waals surface area (Å²) in [7, 11) is 0. The summed E-state index contributed by atoms with van der Waals surface area (Å²) in [5, 5.41) is 3.08. The van der Waals surface area contributed by atoms with E-state index in [1.54, 1.807) is 12.1 Å². The van der Waals surface area contributed by atoms with Crippen LogP contribution in [0.4, 0.5) is 0 Å². The second-order valence-corrected chi connectivity index (χ2v) is 4.94. The van der Waals surface area contributed by atoms with E-state index < -0.39 is 0 Å². The Kier molecular flexibility index (Phi) is 3.52. The number of nitrogens with two attached hydrogens (primary N) is 1. The van der Waals surface area contributed by atoms with Crippen LogP contribution in [0.5, 0.6) is 0 Å². The number of amides is 1. The molecule has 2 rings (SSSR count). The van der Waals surface area contributed by atoms with Gasteiger partial charge in [0.2, 0.25) is 0 Å². The number of hydrogen-bond acceptors (Lipinski definition) is 3. The van der Waals surface area contributed by atoms with Crippen LogP contribution in [0.25, 0.3) is 0 Å². The summed E-state index contributed by atoms with van der Waals surface area (Å²) in [6.07, 6.45) is 5.93. The Morgan fingerprint density at radius 1 is 1.65 bits per heavy atom. The zero-order valence-corrected chi connectivity index (χ0v) is 10.2. The number of hydrogen-bond donors (Lipinski definition) is 2. The maximum Gasteiger partial charge on any atom is 0.287 e. The van der Waals surface area contributed by atoms with Crippen LogP contribution in [0, 0.1) is 5.92 Å². The van der Waals surface area contributed by atoms with E-state index in [2.05, 4.69) is 12.2 Å². The lowest BCUT2D eigenvalue weighted by Gasteiger charge is -2.42. The van der Waals surface area contributed by atoms with Crippen molar-refractivity contribution < 1.29 is 9.21 Å². The molecule has 1 aromatic heterocycles. The van der Waals surface area contributed by atoms with E-state index >= 15 is 0 Å². The molecule has 0 saturated heterocycles. The van der Waals surface area contributed by atoms with Gasteiger partial charge in [0.15, 0.2) is 5.76 Å². The number of carbonyl (C=O) groups is 1. The maximum atomic E-state index is 12.0. The molecule has 0 radical (unpaired) electrons. The highest BCUT2D eigenvalue weighted by atomic mass is 16.3. The zero-order chi connectivity index (χ0) is 12.3. The van der Waals surface area contributed by atoms with Gasteiger partial charge in [0.05, 0.1) is 11.8 Å². The lowest BCUT2D eigenvalue weighted by Crippen LogP contribution is -2.59. The van der Waals surface area contributed by atoms with Gasteiger partial charge < -0.3 is 15.5 Å². The van der Waals surface area contributed by atoms with Crippen molar-refractivity contribution in [1.82, 2.24) is 5.32 Å². The predicted octanol–water partition coefficient (Wildman–Crippen LogP) is 1.92. The van der Waals surface area contributed by atoms with Crippen LogP contribution < -0.4 is 11.1 Å². The van der Waals surface area contributed by atoms with Gasteiger partial charge in [-0.3, -0.25) is 4.79 Å². The summed E-state index contributed by atoms with van der Waals surface area (Å²) in [5.74, 6) is 0.616. The highest BCUT2D eigenvalue weighted by Gasteiger charge is 2.38. The standard InChI is InChI=1S/C13H20N2O2/c1-10-5-2-3-7-13(10,9-14)15-12(16)11-6-4-8-17-11/h4,6,8,10H,2-3,5,7,9,14H2,1H3,(H,15,16). The second-order valence-electron chi connectivity index (χ2n) is 4.94. The van der Waals surface area contributed by atoms with Gasteiger partial charge in [-0.1, -0.05) is 19.8 Å². The predicted molar refractivity (Wildman–Crippen MR) is 65.6 cm³/mol. The number of rotatable bonds is 3. The molecule has 0 aromatic carbocycles. The highest BCUT2D eigenvalue weighted by Crippen LogP contribution is 2.33. The summed E-state index contributed by atoms with van der Waals surface area (Å²) in [5.41, 5.74) is 5.62. The van der Waals surface area contributed by atoms with Crippen molar-refractivity contribution in [2.24, 2.45) is 11.7 Å². The van der Waals surface area contributed by atoms with Crippen LogP contribution >= 0.6 is 0 Å². The molecule has 3 N–H and O–H groups in total. The molecule has 17 heavy (non-hydrogen) atoms. The van der Waals surface area contributed by atoms with E-state index in [0.29, 0.717) is 18.2 Å². The number of carbonyl (C=O) groups excluding carboxylic acids is 1. The van der Waals surface area contributed by atoms with E-state index in [-0.39, 0.29) is 11.4 Å². The fraction of sp³-hybridized carbons (Fsp3) is 0.615. The van der Waals surface area contributed by atoms with Crippen molar-refractivity contribution >= 4 is 5.91 Å². The fourth-order valence-corrected chi connectivity index (χ4v) is 2.65. The molecule has 4 nitrogen and oxygen atoms in total. The Hall–Kier alpha value is -1.29. The van der Waals surface area contributed by atoms with Crippen LogP contribution in [-0.4, -0.2) is 18.0 Å². The van der Waals surface area contributed by atoms with Crippen molar-refractivity contribution in [2.45, 2.75) is 38.1 Å². The highest BCUT2D eigenvalue weighted by molar-refractivity contribution is 5.92. The van der Waals surface area contributed by atoms with Crippen molar-refractivity contribution in [3.63, 3.8) is 0 Å². The lowest BCUT2D eigenvalue weighted by atomic mass is 9.73. The van der Waals surface area contributed by atoms with Crippen LogP contribution in [0.3, 0.4) is 0 Å². The molecule has 0 aliphatic heterocycles. The van der Waals surface area contributed by atoms with Crippen molar-refractivity contribution in [3.8, 4) is 0 Å². The zero-order valence-electron chi connectivity index (χ0n) is 10.2. The normalized spacial score (nSPS) is 28.9. The van der Waals surface area contributed by atoms with Gasteiger partial charge in [0, 0.05) is 6.54 Å². The summed E-state index contributed by atoms with van der Waals surface area (Å²) in [6.45, 7) is 2.65. The SMILES string of the molecule is CC1CCCCC1(CN)NC(=O)c1ccco1. The molecule has 1 aliphatic carbocycles. The molecule has 1 heterocycles. The monoisotopic (exact) mass is 236 g/mol. The number of nitrogens with one attached hydrogen (secondary N) is 1. The molecule has 1 aliphatic rings. The van der Waals surface area contributed by atoms with E-state index in [1.807, 2.05) is 0 Å². The second kappa shape index (κ2) is 4.92. The van der Waals surface area contributed by atoms with E-state index in [4.69, 9.17) is 10.2 Å². The Bertz CT molecular complexity index is 375. The van der Waals surface area contributed by atoms with E-state index in [1.165, 1.54) is 12.7 Å². The lowest BCUT2D eigenvalue weighted by molar-refractivity contribution is 0.0785. The minimum absolute atomic E-state index is 0.158. The molecule has 1 fully saturated rings. The van der Waals surface area contributed by atoms with Crippen LogP contribution in [0.1, 0.15) is 43.2 Å². The van der Waals surface area contributed by atoms with Crippen molar-refractivity contribution in [3.05, 3.63) is 24.2 Å². The molecule has 0 spiro atoms. The van der Waals surface area contributed by atoms with Gasteiger partial charge in [0.1, 0.15) is 0 Å². The largest absolute Gasteiger partial charge is 0.459 e. The topological polar surface area (TPSA) is 68.3 Å². The summed E-state index contributed by atoms with van der Waals surface area (Å²) >= 11 is 0. The molecule has 2 unspecified atom stereocenters. The third-order valence-corrected chi connectivity index (χ3v) is 3.93. The first-order valence-corrected chi connectivity index (χ1v) is 6.24. The van der Waals surface area contributed by atoms with Crippen LogP contribution in [0.15, 0.2) is 22.8 Å². The Balaban J connectivity index is 2.11. The van der Waals surface area contributed by atoms with Gasteiger partial charge in [0.25, 0.3) is 5.91 Å². The molecular weight excluding hydrogens is 216 g/mol. The molecule has 0 bridgehead atoms. The Morgan fingerprint density at radius 2 is 2.47 bits per heavy atom. The molecule has 1 aromatic rings. The van der Waals surface area contributed by atoms with Gasteiger partial charge in [-0.2, -0.15) is 0 Å². The molecule has 4 heteroatoms. The maximum absolute atomic E-state index is 12.0. The quantitative estimate of drug-likeness (QED) is 0.842. The van der Waals surface area contributed by atoms with Gasteiger partial charge >= 0.3 is 0 Å². The average Bonchev–Trinajstić information content (AvgIpc) is 2.86. The van der Waals surface area contributed by atoms with E-state index in [9.17, 15) is 4.79 Å². The van der Waals surface area contributed by atoms with Gasteiger partial charge in [-0.05, 0) is 30.9 Å². The fourth-order valence-electron chi connectivity index (χ4n) is 2.65. The van der Waals surface area contributed by atoms with Crippen LogP contribution in [0.2, 0.25) is 0 Å². The third-order valence-electron chi connectivity index (χ3n) is 3.93. The first kappa shape index (κ1) is 12.2. The first-order chi connectivity index (χ1) is 8.18. The van der Waals surface area contributed by atoms with Crippen molar-refractivity contribution in [1.29, 1.82) is 0 Å². The molecule has 94 valence electrons. The smallest absolute Gasteiger partial charge is 0.287 e. The van der Waals surface area contributed by atoms with E-state index in [0.717, 1.165) is 19.3 Å². The van der Waals surface area contributed by atoms with Crippen molar-refractivity contribution in [2.75, 3.05) is 6.54 Å². The summed E-state index contributed by atoms with van der Waals surface area (Å²) < 4.78 is 5.11. The molecule has 2 atom stereocenters. The summed E-state index contributed by atoms with van der Waals surface area (Å²) in [6, 6.07) is 3.39. The van der Waals surface area contributed by atoms with Gasteiger partial charge in [-0.15, -0.1) is 0 Å². The molecule has 1 saturated carbocycles. The van der Waals surface area contributed by atoms with Crippen LogP contribution in [-0.2, 0) is 0 Å². The minimum Gasteiger partial charge on any atom is -0.459 e. The molecule has 1 amide bonds. The van der Waals surface area contributed by atoms with Gasteiger partial charge in [-0.25, -0.2) is 0 Å². The average molecular weight is 236 g/mol. The number of furan rings is 1.